The van der Waals surface area contributed by atoms with E-state index in [0.717, 1.165) is 0 Å². The summed E-state index contributed by atoms with van der Waals surface area (Å²) in [7, 11) is 1.26. The standard InChI is InChI=1S/C13H15BrO6/c1-4-19-10-6-8(12(15)16)5-9(14)11(10)20-7(2)13(17)18-3/h5-7H,4H2,1-3H3,(H,15,16). The van der Waals surface area contributed by atoms with Crippen LogP contribution in [0.3, 0.4) is 0 Å². The molecule has 6 nitrogen and oxygen atoms in total. The van der Waals surface area contributed by atoms with E-state index in [2.05, 4.69) is 20.7 Å². The normalized spacial score (nSPS) is 11.6. The Morgan fingerprint density at radius 3 is 2.55 bits per heavy atom. The molecule has 0 saturated heterocycles. The van der Waals surface area contributed by atoms with Crippen LogP contribution in [0, 0.1) is 0 Å². The van der Waals surface area contributed by atoms with E-state index in [-0.39, 0.29) is 17.1 Å². The van der Waals surface area contributed by atoms with Crippen molar-refractivity contribution in [3.8, 4) is 11.5 Å². The molecule has 1 rings (SSSR count). The number of rotatable bonds is 6. The molecule has 1 N–H and O–H groups in total. The van der Waals surface area contributed by atoms with Crippen molar-refractivity contribution in [1.82, 2.24) is 0 Å². The summed E-state index contributed by atoms with van der Waals surface area (Å²) in [5.41, 5.74) is 0.0541. The molecular weight excluding hydrogens is 332 g/mol. The Morgan fingerprint density at radius 2 is 2.05 bits per heavy atom. The molecule has 1 atom stereocenters. The van der Waals surface area contributed by atoms with E-state index < -0.39 is 18.0 Å². The maximum atomic E-state index is 11.4. The molecule has 0 amide bonds. The third-order valence-electron chi connectivity index (χ3n) is 2.38. The average Bonchev–Trinajstić information content (AvgIpc) is 2.41. The van der Waals surface area contributed by atoms with Gasteiger partial charge in [0.1, 0.15) is 0 Å². The fraction of sp³-hybridized carbons (Fsp3) is 0.385. The Balaban J connectivity index is 3.16. The van der Waals surface area contributed by atoms with Crippen molar-refractivity contribution in [1.29, 1.82) is 0 Å². The summed E-state index contributed by atoms with van der Waals surface area (Å²) in [6.45, 7) is 3.62. The first-order valence-electron chi connectivity index (χ1n) is 5.84. The number of ether oxygens (including phenoxy) is 3. The first-order chi connectivity index (χ1) is 9.40. The second-order valence-electron chi connectivity index (χ2n) is 3.81. The minimum atomic E-state index is -1.08. The van der Waals surface area contributed by atoms with Crippen LogP contribution >= 0.6 is 15.9 Å². The number of carbonyl (C=O) groups excluding carboxylic acids is 1. The highest BCUT2D eigenvalue weighted by molar-refractivity contribution is 9.10. The molecule has 0 spiro atoms. The number of benzene rings is 1. The van der Waals surface area contributed by atoms with Gasteiger partial charge in [-0.1, -0.05) is 0 Å². The molecule has 1 aromatic carbocycles. The van der Waals surface area contributed by atoms with Crippen molar-refractivity contribution in [3.05, 3.63) is 22.2 Å². The minimum Gasteiger partial charge on any atom is -0.490 e. The van der Waals surface area contributed by atoms with Crippen molar-refractivity contribution in [2.45, 2.75) is 20.0 Å². The number of carbonyl (C=O) groups is 2. The van der Waals surface area contributed by atoms with Crippen molar-refractivity contribution >= 4 is 27.9 Å². The third kappa shape index (κ3) is 3.86. The number of carboxylic acids is 1. The van der Waals surface area contributed by atoms with E-state index in [1.54, 1.807) is 6.92 Å². The summed E-state index contributed by atoms with van der Waals surface area (Å²) in [4.78, 5) is 22.4. The van der Waals surface area contributed by atoms with Gasteiger partial charge in [0.2, 0.25) is 0 Å². The summed E-state index contributed by atoms with van der Waals surface area (Å²) < 4.78 is 15.8. The molecular formula is C13H15BrO6. The van der Waals surface area contributed by atoms with Gasteiger partial charge in [-0.25, -0.2) is 9.59 Å². The van der Waals surface area contributed by atoms with Crippen LogP contribution in [0.4, 0.5) is 0 Å². The van der Waals surface area contributed by atoms with Gasteiger partial charge in [0.25, 0.3) is 0 Å². The van der Waals surface area contributed by atoms with E-state index in [9.17, 15) is 9.59 Å². The minimum absolute atomic E-state index is 0.0541. The SMILES string of the molecule is CCOc1cc(C(=O)O)cc(Br)c1OC(C)C(=O)OC. The molecule has 0 bridgehead atoms. The lowest BCUT2D eigenvalue weighted by molar-refractivity contribution is -0.148. The molecule has 0 saturated carbocycles. The van der Waals surface area contributed by atoms with Gasteiger partial charge < -0.3 is 19.3 Å². The molecule has 0 aliphatic heterocycles. The van der Waals surface area contributed by atoms with Gasteiger partial charge in [0.15, 0.2) is 17.6 Å². The molecule has 0 radical (unpaired) electrons. The average molecular weight is 347 g/mol. The molecule has 0 aliphatic carbocycles. The molecule has 0 aromatic heterocycles. The van der Waals surface area contributed by atoms with Gasteiger partial charge in [-0.3, -0.25) is 0 Å². The van der Waals surface area contributed by atoms with Crippen LogP contribution < -0.4 is 9.47 Å². The van der Waals surface area contributed by atoms with Crippen molar-refractivity contribution in [2.24, 2.45) is 0 Å². The van der Waals surface area contributed by atoms with Crippen LogP contribution in [0.1, 0.15) is 24.2 Å². The van der Waals surface area contributed by atoms with Gasteiger partial charge in [0, 0.05) is 0 Å². The van der Waals surface area contributed by atoms with Crippen molar-refractivity contribution in [3.63, 3.8) is 0 Å². The highest BCUT2D eigenvalue weighted by Crippen LogP contribution is 2.37. The predicted octanol–water partition coefficient (Wildman–Crippen LogP) is 2.49. The molecule has 110 valence electrons. The summed E-state index contributed by atoms with van der Waals surface area (Å²) in [6, 6.07) is 2.72. The molecule has 7 heteroatoms. The number of methoxy groups -OCH3 is 1. The van der Waals surface area contributed by atoms with Crippen LogP contribution in [0.15, 0.2) is 16.6 Å². The highest BCUT2D eigenvalue weighted by Gasteiger charge is 2.21. The number of esters is 1. The van der Waals surface area contributed by atoms with Gasteiger partial charge >= 0.3 is 11.9 Å². The molecule has 0 fully saturated rings. The topological polar surface area (TPSA) is 82.1 Å². The van der Waals surface area contributed by atoms with Crippen molar-refractivity contribution < 1.29 is 28.9 Å². The Kier molecular flexibility index (Phi) is 5.82. The summed E-state index contributed by atoms with van der Waals surface area (Å²) in [6.07, 6.45) is -0.841. The lowest BCUT2D eigenvalue weighted by atomic mass is 10.2. The Bertz CT molecular complexity index is 514. The number of hydrogen-bond acceptors (Lipinski definition) is 5. The summed E-state index contributed by atoms with van der Waals surface area (Å²) >= 11 is 3.22. The fourth-order valence-corrected chi connectivity index (χ4v) is 2.00. The first-order valence-corrected chi connectivity index (χ1v) is 6.64. The van der Waals surface area contributed by atoms with Gasteiger partial charge in [-0.05, 0) is 41.9 Å². The van der Waals surface area contributed by atoms with E-state index in [0.29, 0.717) is 11.1 Å². The Labute approximate surface area is 124 Å². The lowest BCUT2D eigenvalue weighted by Crippen LogP contribution is -2.25. The van der Waals surface area contributed by atoms with Gasteiger partial charge in [-0.15, -0.1) is 0 Å². The van der Waals surface area contributed by atoms with E-state index in [1.807, 2.05) is 0 Å². The first kappa shape index (κ1) is 16.3. The van der Waals surface area contributed by atoms with E-state index in [4.69, 9.17) is 14.6 Å². The van der Waals surface area contributed by atoms with Crippen molar-refractivity contribution in [2.75, 3.05) is 13.7 Å². The van der Waals surface area contributed by atoms with Crippen LogP contribution in [-0.4, -0.2) is 36.9 Å². The molecule has 0 aliphatic rings. The number of halogens is 1. The largest absolute Gasteiger partial charge is 0.490 e. The zero-order valence-electron chi connectivity index (χ0n) is 11.3. The smallest absolute Gasteiger partial charge is 0.346 e. The Hall–Kier alpha value is -1.76. The number of hydrogen-bond donors (Lipinski definition) is 1. The summed E-state index contributed by atoms with van der Waals surface area (Å²) in [5, 5.41) is 9.01. The zero-order chi connectivity index (χ0) is 15.3. The third-order valence-corrected chi connectivity index (χ3v) is 2.97. The second-order valence-corrected chi connectivity index (χ2v) is 4.66. The fourth-order valence-electron chi connectivity index (χ4n) is 1.46. The van der Waals surface area contributed by atoms with Gasteiger partial charge in [-0.2, -0.15) is 0 Å². The van der Waals surface area contributed by atoms with E-state index >= 15 is 0 Å². The Morgan fingerprint density at radius 1 is 1.40 bits per heavy atom. The maximum absolute atomic E-state index is 11.4. The lowest BCUT2D eigenvalue weighted by Gasteiger charge is -2.17. The number of carboxylic acid groups (broad SMARTS) is 1. The molecule has 0 heterocycles. The van der Waals surface area contributed by atoms with E-state index in [1.165, 1.54) is 26.2 Å². The molecule has 1 aromatic rings. The van der Waals surface area contributed by atoms with Gasteiger partial charge in [0.05, 0.1) is 23.8 Å². The highest BCUT2D eigenvalue weighted by atomic mass is 79.9. The maximum Gasteiger partial charge on any atom is 0.346 e. The predicted molar refractivity (Wildman–Crippen MR) is 74.4 cm³/mol. The quantitative estimate of drug-likeness (QED) is 0.797. The zero-order valence-corrected chi connectivity index (χ0v) is 12.9. The van der Waals surface area contributed by atoms with Crippen LogP contribution in [0.2, 0.25) is 0 Å². The number of aromatic carboxylic acids is 1. The van der Waals surface area contributed by atoms with Crippen LogP contribution in [0.25, 0.3) is 0 Å². The van der Waals surface area contributed by atoms with Crippen LogP contribution in [-0.2, 0) is 9.53 Å². The molecule has 20 heavy (non-hydrogen) atoms. The second kappa shape index (κ2) is 7.14. The van der Waals surface area contributed by atoms with Crippen LogP contribution in [0.5, 0.6) is 11.5 Å². The summed E-state index contributed by atoms with van der Waals surface area (Å²) in [5.74, 6) is -1.12. The molecule has 1 unspecified atom stereocenters. The monoisotopic (exact) mass is 346 g/mol.